The number of nitrogen functional groups attached to an aromatic ring is 1. The Labute approximate surface area is 368 Å². The number of amides is 3. The molecule has 6 aliphatic rings. The van der Waals surface area contributed by atoms with Crippen molar-refractivity contribution in [1.82, 2.24) is 25.3 Å². The molecule has 4 atom stereocenters. The molecule has 2 bridgehead atoms. The Morgan fingerprint density at radius 3 is 2.35 bits per heavy atom. The molecule has 0 radical (unpaired) electrons. The van der Waals surface area contributed by atoms with Crippen molar-refractivity contribution in [3.8, 4) is 22.8 Å². The van der Waals surface area contributed by atoms with Gasteiger partial charge in [-0.3, -0.25) is 4.79 Å². The molecule has 0 saturated carbocycles. The van der Waals surface area contributed by atoms with Crippen LogP contribution in [0.15, 0.2) is 72.8 Å². The molecule has 6 aliphatic heterocycles. The highest BCUT2D eigenvalue weighted by Gasteiger charge is 2.40. The van der Waals surface area contributed by atoms with Crippen LogP contribution in [0.5, 0.6) is 11.5 Å². The Kier molecular flexibility index (Phi) is 11.3. The molecule has 10 rings (SSSR count). The largest absolute Gasteiger partial charge is 0.507 e. The summed E-state index contributed by atoms with van der Waals surface area (Å²) >= 11 is 0. The van der Waals surface area contributed by atoms with Crippen LogP contribution in [0.1, 0.15) is 44.1 Å². The molecule has 7 heterocycles. The molecule has 0 spiro atoms. The molecule has 16 heteroatoms. The van der Waals surface area contributed by atoms with Crippen LogP contribution in [-0.4, -0.2) is 145 Å². The molecule has 1 aromatic heterocycles. The lowest BCUT2D eigenvalue weighted by Gasteiger charge is -2.51. The van der Waals surface area contributed by atoms with Crippen molar-refractivity contribution in [1.29, 1.82) is 0 Å². The maximum Gasteiger partial charge on any atom is 0.319 e. The number of benzene rings is 3. The molecule has 5 saturated heterocycles. The number of piperazine rings is 1. The second-order valence-electron chi connectivity index (χ2n) is 17.9. The molecule has 16 nitrogen and oxygen atoms in total. The number of morpholine rings is 1. The second-order valence-corrected chi connectivity index (χ2v) is 17.9. The standard InChI is InChI=1S/C47H58N10O6/c1-52(30-14-19-53(20-15-30)39-9-5-10-40-37(39)18-23-56(40)41-12-13-44(59)49-46(41)60)47(61)54-21-16-34(17-22-54)63-35-7-4-6-31(24-35)57-32-26-55(27-33(57)29-62-28-32)42-25-38(50-51-45(42)48)36-8-2-3-11-43(36)58/h2-11,24-25,30,32-34,41,46,58,60H,12-23,26-29H2,1H3,(H2,48,51)(H,49,59)/t32-,33+,41-,46?/m1/s1. The molecule has 63 heavy (non-hydrogen) atoms. The number of nitrogens with one attached hydrogen (secondary N) is 1. The van der Waals surface area contributed by atoms with E-state index in [0.717, 1.165) is 74.6 Å². The number of carbonyl (C=O) groups excluding carboxylic acids is 2. The number of hydrogen-bond acceptors (Lipinski definition) is 13. The fourth-order valence-electron chi connectivity index (χ4n) is 10.9. The number of carbonyl (C=O) groups is 2. The Morgan fingerprint density at radius 1 is 0.841 bits per heavy atom. The molecule has 4 aromatic rings. The number of aromatic hydroxyl groups is 1. The molecule has 5 fully saturated rings. The minimum absolute atomic E-state index is 0.0154. The Bertz CT molecular complexity index is 2300. The molecular formula is C47H58N10O6. The fraction of sp³-hybridized carbons (Fsp3) is 0.489. The van der Waals surface area contributed by atoms with E-state index >= 15 is 0 Å². The molecular weight excluding hydrogens is 801 g/mol. The van der Waals surface area contributed by atoms with Gasteiger partial charge >= 0.3 is 6.03 Å². The summed E-state index contributed by atoms with van der Waals surface area (Å²) < 4.78 is 12.7. The Morgan fingerprint density at radius 2 is 1.59 bits per heavy atom. The van der Waals surface area contributed by atoms with Gasteiger partial charge in [0.15, 0.2) is 5.82 Å². The average Bonchev–Trinajstić information content (AvgIpc) is 3.73. The normalized spacial score (nSPS) is 24.3. The number of phenolic OH excluding ortho intramolecular Hbond substituents is 1. The topological polar surface area (TPSA) is 176 Å². The molecule has 1 unspecified atom stereocenters. The summed E-state index contributed by atoms with van der Waals surface area (Å²) in [5, 5.41) is 32.4. The van der Waals surface area contributed by atoms with Crippen LogP contribution in [0.2, 0.25) is 0 Å². The Balaban J connectivity index is 0.718. The summed E-state index contributed by atoms with van der Waals surface area (Å²) in [6.45, 7) is 6.40. The van der Waals surface area contributed by atoms with E-state index in [9.17, 15) is 19.8 Å². The summed E-state index contributed by atoms with van der Waals surface area (Å²) in [5.41, 5.74) is 13.2. The van der Waals surface area contributed by atoms with Crippen molar-refractivity contribution in [3.05, 3.63) is 78.4 Å². The third-order valence-electron chi connectivity index (χ3n) is 14.2. The summed E-state index contributed by atoms with van der Waals surface area (Å²) in [5.74, 6) is 1.24. The van der Waals surface area contributed by atoms with E-state index in [0.29, 0.717) is 69.3 Å². The van der Waals surface area contributed by atoms with E-state index in [1.807, 2.05) is 41.1 Å². The lowest BCUT2D eigenvalue weighted by Crippen LogP contribution is -2.65. The van der Waals surface area contributed by atoms with Crippen molar-refractivity contribution in [2.45, 2.75) is 81.4 Å². The van der Waals surface area contributed by atoms with Gasteiger partial charge in [-0.05, 0) is 68.1 Å². The first-order valence-electron chi connectivity index (χ1n) is 22.6. The van der Waals surface area contributed by atoms with E-state index in [4.69, 9.17) is 15.2 Å². The van der Waals surface area contributed by atoms with Crippen molar-refractivity contribution in [3.63, 3.8) is 0 Å². The van der Waals surface area contributed by atoms with Gasteiger partial charge in [0.1, 0.15) is 23.8 Å². The number of urea groups is 1. The lowest BCUT2D eigenvalue weighted by molar-refractivity contribution is -0.127. The predicted molar refractivity (Wildman–Crippen MR) is 241 cm³/mol. The monoisotopic (exact) mass is 858 g/mol. The number of nitrogens with zero attached hydrogens (tertiary/aromatic N) is 8. The summed E-state index contributed by atoms with van der Waals surface area (Å²) in [6, 6.07) is 24.1. The number of anilines is 5. The van der Waals surface area contributed by atoms with Crippen LogP contribution in [-0.2, 0) is 16.0 Å². The zero-order valence-corrected chi connectivity index (χ0v) is 35.9. The van der Waals surface area contributed by atoms with Gasteiger partial charge in [-0.25, -0.2) is 4.79 Å². The Hall–Kier alpha value is -6.00. The number of aliphatic hydroxyl groups excluding tert-OH is 1. The number of aromatic nitrogens is 2. The molecule has 3 aromatic carbocycles. The van der Waals surface area contributed by atoms with Gasteiger partial charge in [0, 0.05) is 112 Å². The number of ether oxygens (including phenoxy) is 2. The van der Waals surface area contributed by atoms with Gasteiger partial charge in [0.25, 0.3) is 0 Å². The van der Waals surface area contributed by atoms with Crippen molar-refractivity contribution in [2.24, 2.45) is 0 Å². The number of para-hydroxylation sites is 1. The summed E-state index contributed by atoms with van der Waals surface area (Å²) in [4.78, 5) is 39.1. The van der Waals surface area contributed by atoms with E-state index in [1.54, 1.807) is 12.1 Å². The first kappa shape index (κ1) is 41.0. The lowest BCUT2D eigenvalue weighted by atomic mass is 10.0. The molecule has 0 aliphatic carbocycles. The van der Waals surface area contributed by atoms with Gasteiger partial charge in [-0.15, -0.1) is 10.2 Å². The first-order valence-corrected chi connectivity index (χ1v) is 22.6. The summed E-state index contributed by atoms with van der Waals surface area (Å²) in [7, 11) is 1.96. The van der Waals surface area contributed by atoms with Gasteiger partial charge in [0.2, 0.25) is 5.91 Å². The highest BCUT2D eigenvalue weighted by atomic mass is 16.5. The number of nitrogens with two attached hydrogens (primary N) is 1. The van der Waals surface area contributed by atoms with Gasteiger partial charge in [-0.1, -0.05) is 24.3 Å². The highest BCUT2D eigenvalue weighted by molar-refractivity contribution is 5.78. The van der Waals surface area contributed by atoms with Crippen LogP contribution in [0.3, 0.4) is 0 Å². The maximum absolute atomic E-state index is 13.8. The van der Waals surface area contributed by atoms with Crippen molar-refractivity contribution < 1.29 is 29.3 Å². The molecule has 332 valence electrons. The van der Waals surface area contributed by atoms with Gasteiger partial charge in [0.05, 0.1) is 42.7 Å². The van der Waals surface area contributed by atoms with E-state index in [2.05, 4.69) is 71.5 Å². The number of hydrogen-bond donors (Lipinski definition) is 4. The fourth-order valence-corrected chi connectivity index (χ4v) is 10.9. The first-order chi connectivity index (χ1) is 30.7. The quantitative estimate of drug-likeness (QED) is 0.200. The summed E-state index contributed by atoms with van der Waals surface area (Å²) in [6.07, 6.45) is 4.48. The number of rotatable bonds is 8. The minimum atomic E-state index is -0.858. The van der Waals surface area contributed by atoms with Crippen LogP contribution < -0.4 is 35.4 Å². The van der Waals surface area contributed by atoms with Crippen molar-refractivity contribution >= 4 is 40.5 Å². The van der Waals surface area contributed by atoms with E-state index in [1.165, 1.54) is 11.3 Å². The molecule has 5 N–H and O–H groups in total. The number of phenols is 1. The van der Waals surface area contributed by atoms with Crippen LogP contribution >= 0.6 is 0 Å². The van der Waals surface area contributed by atoms with E-state index in [-0.39, 0.29) is 48.0 Å². The van der Waals surface area contributed by atoms with Gasteiger partial charge in [-0.2, -0.15) is 0 Å². The number of piperidine rings is 3. The maximum atomic E-state index is 13.8. The average molecular weight is 859 g/mol. The predicted octanol–water partition coefficient (Wildman–Crippen LogP) is 4.05. The van der Waals surface area contributed by atoms with Gasteiger partial charge < -0.3 is 60.1 Å². The second kappa shape index (κ2) is 17.3. The third-order valence-corrected chi connectivity index (χ3v) is 14.2. The zero-order valence-electron chi connectivity index (χ0n) is 35.9. The molecule has 3 amide bonds. The number of aliphatic hydroxyl groups is 1. The van der Waals surface area contributed by atoms with Crippen LogP contribution in [0.4, 0.5) is 33.4 Å². The van der Waals surface area contributed by atoms with Crippen molar-refractivity contribution in [2.75, 3.05) is 91.4 Å². The SMILES string of the molecule is CN(C(=O)N1CCC(Oc2cccc(N3[C@@H]4COC[C@H]3CN(c3cc(-c5ccccc5O)nnc3N)C4)c2)CC1)C1CCN(c2cccc3c2CCN3[C@@H]2CCC(=O)NC2O)CC1. The third kappa shape index (κ3) is 8.10. The minimum Gasteiger partial charge on any atom is -0.507 e. The van der Waals surface area contributed by atoms with E-state index < -0.39 is 6.23 Å². The van der Waals surface area contributed by atoms with Crippen LogP contribution in [0, 0.1) is 0 Å². The highest BCUT2D eigenvalue weighted by Crippen LogP contribution is 2.40. The number of fused-ring (bicyclic) bond motifs is 3. The number of likely N-dealkylation sites (tertiary alicyclic amines) is 1. The zero-order chi connectivity index (χ0) is 43.2. The smallest absolute Gasteiger partial charge is 0.319 e. The van der Waals surface area contributed by atoms with Crippen LogP contribution in [0.25, 0.3) is 11.3 Å².